The van der Waals surface area contributed by atoms with E-state index in [-0.39, 0.29) is 24.1 Å². The van der Waals surface area contributed by atoms with Crippen LogP contribution in [0.2, 0.25) is 0 Å². The Morgan fingerprint density at radius 1 is 1.44 bits per heavy atom. The van der Waals surface area contributed by atoms with E-state index in [1.54, 1.807) is 6.07 Å². The first-order valence-electron chi connectivity index (χ1n) is 6.41. The molecule has 0 aliphatic heterocycles. The number of rotatable bonds is 5. The maximum absolute atomic E-state index is 13.0. The quantitative estimate of drug-likeness (QED) is 0.876. The van der Waals surface area contributed by atoms with Crippen LogP contribution in [-0.2, 0) is 4.74 Å². The molecule has 0 saturated heterocycles. The van der Waals surface area contributed by atoms with Gasteiger partial charge in [-0.1, -0.05) is 6.92 Å². The van der Waals surface area contributed by atoms with E-state index in [1.807, 2.05) is 6.92 Å². The molecule has 1 aliphatic rings. The Hall–Kier alpha value is -1.13. The summed E-state index contributed by atoms with van der Waals surface area (Å²) in [5, 5.41) is 0. The van der Waals surface area contributed by atoms with Crippen LogP contribution in [0.3, 0.4) is 0 Å². The van der Waals surface area contributed by atoms with Crippen LogP contribution >= 0.6 is 0 Å². The lowest BCUT2D eigenvalue weighted by atomic mass is 9.86. The van der Waals surface area contributed by atoms with Crippen molar-refractivity contribution in [3.63, 3.8) is 0 Å². The molecule has 3 nitrogen and oxygen atoms in total. The average molecular weight is 253 g/mol. The molecule has 18 heavy (non-hydrogen) atoms. The van der Waals surface area contributed by atoms with Gasteiger partial charge in [-0.15, -0.1) is 0 Å². The maximum atomic E-state index is 13.0. The third-order valence-electron chi connectivity index (χ3n) is 3.22. The highest BCUT2D eigenvalue weighted by Gasteiger charge is 2.41. The standard InChI is InChI=1S/C14H20FNO2/c1-3-6-17-14-11(16)8-13(14)18-12-5-4-10(15)7-9(12)2/h4-5,7,11,13-14H,3,6,8,16H2,1-2H3. The summed E-state index contributed by atoms with van der Waals surface area (Å²) in [7, 11) is 0. The first-order chi connectivity index (χ1) is 8.61. The maximum Gasteiger partial charge on any atom is 0.128 e. The summed E-state index contributed by atoms with van der Waals surface area (Å²) < 4.78 is 24.5. The molecule has 0 aromatic heterocycles. The first kappa shape index (κ1) is 13.3. The predicted octanol–water partition coefficient (Wildman–Crippen LogP) is 2.41. The Bertz CT molecular complexity index is 411. The lowest BCUT2D eigenvalue weighted by Gasteiger charge is -2.42. The van der Waals surface area contributed by atoms with Gasteiger partial charge >= 0.3 is 0 Å². The van der Waals surface area contributed by atoms with Gasteiger partial charge in [0.2, 0.25) is 0 Å². The van der Waals surface area contributed by atoms with Crippen molar-refractivity contribution >= 4 is 0 Å². The zero-order valence-electron chi connectivity index (χ0n) is 10.9. The summed E-state index contributed by atoms with van der Waals surface area (Å²) in [6.07, 6.45) is 1.68. The van der Waals surface area contributed by atoms with Crippen molar-refractivity contribution in [3.05, 3.63) is 29.6 Å². The van der Waals surface area contributed by atoms with Gasteiger partial charge in [-0.25, -0.2) is 4.39 Å². The van der Waals surface area contributed by atoms with Crippen LogP contribution in [0.25, 0.3) is 0 Å². The molecule has 0 bridgehead atoms. The van der Waals surface area contributed by atoms with Crippen LogP contribution in [0, 0.1) is 12.7 Å². The molecule has 1 aromatic carbocycles. The molecule has 1 aliphatic carbocycles. The van der Waals surface area contributed by atoms with Crippen LogP contribution in [-0.4, -0.2) is 24.9 Å². The number of hydrogen-bond acceptors (Lipinski definition) is 3. The summed E-state index contributed by atoms with van der Waals surface area (Å²) >= 11 is 0. The highest BCUT2D eigenvalue weighted by Crippen LogP contribution is 2.29. The summed E-state index contributed by atoms with van der Waals surface area (Å²) in [6.45, 7) is 4.59. The van der Waals surface area contributed by atoms with E-state index in [4.69, 9.17) is 15.2 Å². The van der Waals surface area contributed by atoms with E-state index < -0.39 is 0 Å². The van der Waals surface area contributed by atoms with Crippen LogP contribution in [0.1, 0.15) is 25.3 Å². The molecule has 0 amide bonds. The molecule has 3 unspecified atom stereocenters. The molecule has 1 fully saturated rings. The lowest BCUT2D eigenvalue weighted by molar-refractivity contribution is -0.0981. The fraction of sp³-hybridized carbons (Fsp3) is 0.571. The van der Waals surface area contributed by atoms with Gasteiger partial charge in [-0.05, 0) is 37.1 Å². The van der Waals surface area contributed by atoms with Gasteiger partial charge in [0.05, 0.1) is 0 Å². The largest absolute Gasteiger partial charge is 0.487 e. The zero-order chi connectivity index (χ0) is 13.1. The molecule has 2 rings (SSSR count). The van der Waals surface area contributed by atoms with E-state index >= 15 is 0 Å². The minimum absolute atomic E-state index is 0.0179. The van der Waals surface area contributed by atoms with Gasteiger partial charge in [0, 0.05) is 19.1 Å². The van der Waals surface area contributed by atoms with Gasteiger partial charge in [0.25, 0.3) is 0 Å². The number of hydrogen-bond donors (Lipinski definition) is 1. The van der Waals surface area contributed by atoms with Crippen LogP contribution < -0.4 is 10.5 Å². The minimum Gasteiger partial charge on any atom is -0.487 e. The Balaban J connectivity index is 1.96. The number of nitrogens with two attached hydrogens (primary N) is 1. The molecule has 0 heterocycles. The third kappa shape index (κ3) is 2.82. The van der Waals surface area contributed by atoms with Crippen molar-refractivity contribution in [1.82, 2.24) is 0 Å². The van der Waals surface area contributed by atoms with Crippen molar-refractivity contribution in [2.45, 2.75) is 44.9 Å². The number of ether oxygens (including phenoxy) is 2. The Morgan fingerprint density at radius 2 is 2.22 bits per heavy atom. The van der Waals surface area contributed by atoms with E-state index in [1.165, 1.54) is 12.1 Å². The average Bonchev–Trinajstić information content (AvgIpc) is 2.32. The van der Waals surface area contributed by atoms with E-state index in [9.17, 15) is 4.39 Å². The van der Waals surface area contributed by atoms with Gasteiger partial charge in [-0.2, -0.15) is 0 Å². The molecule has 3 atom stereocenters. The van der Waals surface area contributed by atoms with E-state index in [0.29, 0.717) is 12.4 Å². The van der Waals surface area contributed by atoms with Crippen molar-refractivity contribution in [2.24, 2.45) is 5.73 Å². The number of aryl methyl sites for hydroxylation is 1. The van der Waals surface area contributed by atoms with Crippen LogP contribution in [0.15, 0.2) is 18.2 Å². The molecular weight excluding hydrogens is 233 g/mol. The smallest absolute Gasteiger partial charge is 0.128 e. The van der Waals surface area contributed by atoms with Crippen LogP contribution in [0.4, 0.5) is 4.39 Å². The van der Waals surface area contributed by atoms with Crippen LogP contribution in [0.5, 0.6) is 5.75 Å². The number of benzene rings is 1. The zero-order valence-corrected chi connectivity index (χ0v) is 10.9. The van der Waals surface area contributed by atoms with Gasteiger partial charge in [0.15, 0.2) is 0 Å². The van der Waals surface area contributed by atoms with Crippen molar-refractivity contribution in [1.29, 1.82) is 0 Å². The molecule has 1 aromatic rings. The monoisotopic (exact) mass is 253 g/mol. The van der Waals surface area contributed by atoms with Crippen molar-refractivity contribution < 1.29 is 13.9 Å². The fourth-order valence-corrected chi connectivity index (χ4v) is 2.12. The van der Waals surface area contributed by atoms with Gasteiger partial charge in [-0.3, -0.25) is 0 Å². The summed E-state index contributed by atoms with van der Waals surface area (Å²) in [6, 6.07) is 4.58. The summed E-state index contributed by atoms with van der Waals surface area (Å²) in [5.74, 6) is 0.461. The summed E-state index contributed by atoms with van der Waals surface area (Å²) in [4.78, 5) is 0. The van der Waals surface area contributed by atoms with Crippen molar-refractivity contribution in [2.75, 3.05) is 6.61 Å². The lowest BCUT2D eigenvalue weighted by Crippen LogP contribution is -2.59. The van der Waals surface area contributed by atoms with Gasteiger partial charge < -0.3 is 15.2 Å². The predicted molar refractivity (Wildman–Crippen MR) is 68.2 cm³/mol. The minimum atomic E-state index is -0.246. The second-order valence-corrected chi connectivity index (χ2v) is 4.80. The number of halogens is 1. The normalized spacial score (nSPS) is 26.8. The SMILES string of the molecule is CCCOC1C(N)CC1Oc1ccc(F)cc1C. The Kier molecular flexibility index (Phi) is 4.19. The van der Waals surface area contributed by atoms with E-state index in [2.05, 4.69) is 6.92 Å². The third-order valence-corrected chi connectivity index (χ3v) is 3.22. The summed E-state index contributed by atoms with van der Waals surface area (Å²) in [5.41, 5.74) is 6.70. The molecule has 1 saturated carbocycles. The molecule has 2 N–H and O–H groups in total. The molecule has 0 spiro atoms. The molecule has 0 radical (unpaired) electrons. The second kappa shape index (κ2) is 5.67. The van der Waals surface area contributed by atoms with Gasteiger partial charge in [0.1, 0.15) is 23.8 Å². The van der Waals surface area contributed by atoms with Crippen molar-refractivity contribution in [3.8, 4) is 5.75 Å². The fourth-order valence-electron chi connectivity index (χ4n) is 2.12. The highest BCUT2D eigenvalue weighted by atomic mass is 19.1. The first-order valence-corrected chi connectivity index (χ1v) is 6.41. The second-order valence-electron chi connectivity index (χ2n) is 4.80. The Morgan fingerprint density at radius 3 is 2.83 bits per heavy atom. The molecule has 4 heteroatoms. The molecule has 100 valence electrons. The Labute approximate surface area is 107 Å². The topological polar surface area (TPSA) is 44.5 Å². The van der Waals surface area contributed by atoms with E-state index in [0.717, 1.165) is 18.4 Å². The molecular formula is C14H20FNO2. The highest BCUT2D eigenvalue weighted by molar-refractivity contribution is 5.33.